The van der Waals surface area contributed by atoms with E-state index >= 15 is 0 Å². The molecule has 3 heteroatoms. The average molecular weight is 157 g/mol. The molecule has 1 nitrogen and oxygen atoms in total. The van der Waals surface area contributed by atoms with Gasteiger partial charge in [-0.1, -0.05) is 0 Å². The summed E-state index contributed by atoms with van der Waals surface area (Å²) in [4.78, 5) is 0. The predicted octanol–water partition coefficient (Wildman–Crippen LogP) is 1.60. The third kappa shape index (κ3) is 3.53. The van der Waals surface area contributed by atoms with Crippen LogP contribution in [-0.4, -0.2) is 22.5 Å². The second-order valence-electron chi connectivity index (χ2n) is 1.72. The number of rotatable bonds is 3. The van der Waals surface area contributed by atoms with E-state index in [2.05, 4.69) is 0 Å². The highest BCUT2D eigenvalue weighted by atomic mass is 35.5. The Labute approximate surface area is 59.6 Å². The molecule has 0 aliphatic rings. The van der Waals surface area contributed by atoms with Crippen LogP contribution in [0.25, 0.3) is 0 Å². The molecule has 0 radical (unpaired) electrons. The first-order valence-electron chi connectivity index (χ1n) is 2.56. The summed E-state index contributed by atoms with van der Waals surface area (Å²) in [6.07, 6.45) is 0.126. The summed E-state index contributed by atoms with van der Waals surface area (Å²) < 4.78 is 0. The monoisotopic (exact) mass is 156 g/mol. The molecule has 0 fully saturated rings. The van der Waals surface area contributed by atoms with Crippen LogP contribution < -0.4 is 0 Å². The summed E-state index contributed by atoms with van der Waals surface area (Å²) >= 11 is 10.8. The highest BCUT2D eigenvalue weighted by Crippen LogP contribution is 2.05. The van der Waals surface area contributed by atoms with Crippen molar-refractivity contribution in [2.24, 2.45) is 0 Å². The van der Waals surface area contributed by atoms with Crippen LogP contribution in [0.15, 0.2) is 0 Å². The Balaban J connectivity index is 3.17. The molecule has 2 atom stereocenters. The molecule has 8 heavy (non-hydrogen) atoms. The van der Waals surface area contributed by atoms with Crippen LogP contribution in [0, 0.1) is 0 Å². The van der Waals surface area contributed by atoms with Crippen molar-refractivity contribution in [2.45, 2.75) is 24.8 Å². The molecule has 0 spiro atoms. The lowest BCUT2D eigenvalue weighted by Crippen LogP contribution is -2.17. The second kappa shape index (κ2) is 4.42. The minimum absolute atomic E-state index is 0.186. The van der Waals surface area contributed by atoms with Gasteiger partial charge in [0.05, 0.1) is 11.5 Å². The fourth-order valence-corrected chi connectivity index (χ4v) is 0.691. The van der Waals surface area contributed by atoms with E-state index in [1.54, 1.807) is 6.92 Å². The van der Waals surface area contributed by atoms with Gasteiger partial charge in [0, 0.05) is 5.88 Å². The third-order valence-electron chi connectivity index (χ3n) is 0.935. The lowest BCUT2D eigenvalue weighted by molar-refractivity contribution is 0.170. The van der Waals surface area contributed by atoms with Crippen molar-refractivity contribution < 1.29 is 5.11 Å². The van der Waals surface area contributed by atoms with Gasteiger partial charge in [0.2, 0.25) is 0 Å². The Morgan fingerprint density at radius 1 is 1.62 bits per heavy atom. The molecule has 0 bridgehead atoms. The fraction of sp³-hybridized carbons (Fsp3) is 1.00. The lowest BCUT2D eigenvalue weighted by Gasteiger charge is -2.08. The van der Waals surface area contributed by atoms with E-state index in [-0.39, 0.29) is 5.38 Å². The van der Waals surface area contributed by atoms with Gasteiger partial charge >= 0.3 is 0 Å². The summed E-state index contributed by atoms with van der Waals surface area (Å²) in [6.45, 7) is 1.75. The molecule has 0 aromatic carbocycles. The lowest BCUT2D eigenvalue weighted by atomic mass is 10.2. The summed E-state index contributed by atoms with van der Waals surface area (Å²) in [5, 5.41) is 8.72. The Morgan fingerprint density at radius 3 is 2.25 bits per heavy atom. The highest BCUT2D eigenvalue weighted by molar-refractivity contribution is 6.21. The van der Waals surface area contributed by atoms with Crippen LogP contribution in [-0.2, 0) is 0 Å². The maximum atomic E-state index is 8.91. The van der Waals surface area contributed by atoms with E-state index in [0.29, 0.717) is 12.3 Å². The van der Waals surface area contributed by atoms with Gasteiger partial charge in [0.25, 0.3) is 0 Å². The molecule has 0 heterocycles. The van der Waals surface area contributed by atoms with Gasteiger partial charge in [-0.25, -0.2) is 0 Å². The van der Waals surface area contributed by atoms with Crippen LogP contribution in [0.2, 0.25) is 0 Å². The topological polar surface area (TPSA) is 20.2 Å². The van der Waals surface area contributed by atoms with Crippen molar-refractivity contribution in [3.8, 4) is 0 Å². The highest BCUT2D eigenvalue weighted by Gasteiger charge is 2.08. The zero-order chi connectivity index (χ0) is 6.57. The quantitative estimate of drug-likeness (QED) is 0.617. The maximum absolute atomic E-state index is 8.91. The maximum Gasteiger partial charge on any atom is 0.0712 e. The molecule has 0 amide bonds. The summed E-state index contributed by atoms with van der Waals surface area (Å²) in [5.74, 6) is 0.470. The van der Waals surface area contributed by atoms with E-state index in [9.17, 15) is 0 Å². The first kappa shape index (κ1) is 8.54. The molecule has 0 saturated heterocycles. The van der Waals surface area contributed by atoms with Crippen LogP contribution in [0.4, 0.5) is 0 Å². The van der Waals surface area contributed by atoms with E-state index < -0.39 is 6.10 Å². The molecule has 0 aliphatic heterocycles. The van der Waals surface area contributed by atoms with Crippen LogP contribution in [0.1, 0.15) is 13.3 Å². The van der Waals surface area contributed by atoms with E-state index in [4.69, 9.17) is 28.3 Å². The normalized spacial score (nSPS) is 18.0. The Hall–Kier alpha value is 0.540. The number of hydrogen-bond donors (Lipinski definition) is 1. The molecule has 0 aromatic rings. The fourth-order valence-electron chi connectivity index (χ4n) is 0.341. The summed E-state index contributed by atoms with van der Waals surface area (Å²) in [5.41, 5.74) is 0. The van der Waals surface area contributed by atoms with E-state index in [1.165, 1.54) is 0 Å². The van der Waals surface area contributed by atoms with Gasteiger partial charge in [-0.2, -0.15) is 0 Å². The predicted molar refractivity (Wildman–Crippen MR) is 36.7 cm³/mol. The van der Waals surface area contributed by atoms with Crippen molar-refractivity contribution in [1.82, 2.24) is 0 Å². The van der Waals surface area contributed by atoms with Gasteiger partial charge in [-0.3, -0.25) is 0 Å². The second-order valence-corrected chi connectivity index (χ2v) is 2.79. The van der Waals surface area contributed by atoms with Crippen molar-refractivity contribution in [1.29, 1.82) is 0 Å². The number of aliphatic hydroxyl groups excluding tert-OH is 1. The number of halogens is 2. The molecular formula is C5H10Cl2O. The van der Waals surface area contributed by atoms with Crippen LogP contribution in [0.3, 0.4) is 0 Å². The minimum atomic E-state index is -0.450. The zero-order valence-corrected chi connectivity index (χ0v) is 6.28. The van der Waals surface area contributed by atoms with Crippen molar-refractivity contribution >= 4 is 23.2 Å². The smallest absolute Gasteiger partial charge is 0.0712 e. The largest absolute Gasteiger partial charge is 0.392 e. The average Bonchev–Trinajstić information content (AvgIpc) is 1.67. The molecular weight excluding hydrogens is 147 g/mol. The molecule has 50 valence electrons. The Morgan fingerprint density at radius 2 is 2.12 bits per heavy atom. The van der Waals surface area contributed by atoms with Crippen molar-refractivity contribution in [3.63, 3.8) is 0 Å². The third-order valence-corrected chi connectivity index (χ3v) is 1.44. The van der Waals surface area contributed by atoms with Gasteiger partial charge in [0.15, 0.2) is 0 Å². The van der Waals surface area contributed by atoms with E-state index in [0.717, 1.165) is 0 Å². The van der Waals surface area contributed by atoms with E-state index in [1.807, 2.05) is 0 Å². The Bertz CT molecular complexity index is 56.4. The summed E-state index contributed by atoms with van der Waals surface area (Å²) in [7, 11) is 0. The van der Waals surface area contributed by atoms with Crippen molar-refractivity contribution in [3.05, 3.63) is 0 Å². The van der Waals surface area contributed by atoms with Gasteiger partial charge in [0.1, 0.15) is 0 Å². The summed E-state index contributed by atoms with van der Waals surface area (Å²) in [6, 6.07) is 0. The SMILES string of the molecule is C[C@@H](Cl)[C@H](O)CCCl. The molecule has 0 rings (SSSR count). The standard InChI is InChI=1S/C5H10Cl2O/c1-4(7)5(8)2-3-6/h4-5,8H,2-3H2,1H3/t4-,5-/m1/s1. The number of aliphatic hydroxyl groups is 1. The molecule has 0 aliphatic carbocycles. The first-order valence-corrected chi connectivity index (χ1v) is 3.53. The zero-order valence-electron chi connectivity index (χ0n) is 4.77. The molecule has 1 N–H and O–H groups in total. The number of alkyl halides is 2. The van der Waals surface area contributed by atoms with Crippen LogP contribution in [0.5, 0.6) is 0 Å². The van der Waals surface area contributed by atoms with Gasteiger partial charge in [-0.15, -0.1) is 23.2 Å². The molecule has 0 unspecified atom stereocenters. The Kier molecular flexibility index (Phi) is 4.72. The van der Waals surface area contributed by atoms with Gasteiger partial charge in [-0.05, 0) is 13.3 Å². The molecule has 0 aromatic heterocycles. The van der Waals surface area contributed by atoms with Crippen LogP contribution >= 0.6 is 23.2 Å². The first-order chi connectivity index (χ1) is 3.68. The minimum Gasteiger partial charge on any atom is -0.392 e. The molecule has 0 saturated carbocycles. The van der Waals surface area contributed by atoms with Crippen molar-refractivity contribution in [2.75, 3.05) is 5.88 Å². The number of hydrogen-bond acceptors (Lipinski definition) is 1. The van der Waals surface area contributed by atoms with Gasteiger partial charge < -0.3 is 5.11 Å².